The Labute approximate surface area is 249 Å². The molecular weight excluding hydrogens is 529 g/mol. The largest absolute Gasteiger partial charge is 0.453 e. The van der Waals surface area contributed by atoms with Crippen LogP contribution in [-0.2, 0) is 10.2 Å². The van der Waals surface area contributed by atoms with E-state index in [9.17, 15) is 14.4 Å². The summed E-state index contributed by atoms with van der Waals surface area (Å²) in [7, 11) is 1.43. The summed E-state index contributed by atoms with van der Waals surface area (Å²) in [5.41, 5.74) is 2.73. The fraction of sp³-hybridized carbons (Fsp3) is 0.588. The van der Waals surface area contributed by atoms with Gasteiger partial charge in [-0.1, -0.05) is 24.6 Å². The molecule has 3 heterocycles. The van der Waals surface area contributed by atoms with Crippen LogP contribution in [0.1, 0.15) is 49.7 Å². The van der Waals surface area contributed by atoms with E-state index >= 15 is 0 Å². The average Bonchev–Trinajstić information content (AvgIpc) is 3.43. The molecule has 4 fully saturated rings. The quantitative estimate of drug-likeness (QED) is 0.455. The lowest BCUT2D eigenvalue weighted by molar-refractivity contribution is 0.0223. The second-order valence-electron chi connectivity index (χ2n) is 13.0. The summed E-state index contributed by atoms with van der Waals surface area (Å²) in [6.07, 6.45) is 6.03. The minimum Gasteiger partial charge on any atom is -0.453 e. The van der Waals surface area contributed by atoms with Crippen molar-refractivity contribution in [2.45, 2.75) is 50.0 Å². The predicted molar refractivity (Wildman–Crippen MR) is 162 cm³/mol. The maximum atomic E-state index is 14.9. The monoisotopic (exact) mass is 573 g/mol. The maximum Gasteiger partial charge on any atom is 0.407 e. The van der Waals surface area contributed by atoms with Crippen LogP contribution in [0, 0.1) is 34.9 Å². The standard InChI is InChI=1S/C34H44FN5O2/c1-42-33(41)37-32-11-4-10-31(32)34(24-39-14-5-15-39,28-7-3-8-29(35)19-28)27-12-16-38(17-13-27)21-26-22-40(23-26)30-9-2-6-25(18-30)20-36/h2-3,6-9,18-19,26-27,31-32H,4-5,10-17,21-24H2,1H3,(H,37,41)/t31-,32-,34-/m0/s1. The summed E-state index contributed by atoms with van der Waals surface area (Å²) < 4.78 is 19.9. The number of anilines is 1. The van der Waals surface area contributed by atoms with E-state index < -0.39 is 0 Å². The topological polar surface area (TPSA) is 71.8 Å². The highest BCUT2D eigenvalue weighted by Crippen LogP contribution is 2.51. The molecule has 0 aromatic heterocycles. The van der Waals surface area contributed by atoms with E-state index in [1.807, 2.05) is 24.3 Å². The molecule has 8 heteroatoms. The molecule has 0 spiro atoms. The van der Waals surface area contributed by atoms with Crippen molar-refractivity contribution in [3.8, 4) is 6.07 Å². The first kappa shape index (κ1) is 28.9. The van der Waals surface area contributed by atoms with Gasteiger partial charge in [-0.05, 0) is 106 Å². The van der Waals surface area contributed by atoms with Crippen molar-refractivity contribution in [3.05, 3.63) is 65.5 Å². The number of nitriles is 1. The van der Waals surface area contributed by atoms with Gasteiger partial charge in [0.1, 0.15) is 5.82 Å². The summed E-state index contributed by atoms with van der Waals surface area (Å²) in [6.45, 7) is 8.34. The highest BCUT2D eigenvalue weighted by molar-refractivity contribution is 5.67. The molecule has 1 saturated carbocycles. The Morgan fingerprint density at radius 1 is 1.02 bits per heavy atom. The molecule has 1 amide bonds. The number of halogens is 1. The van der Waals surface area contributed by atoms with Gasteiger partial charge in [-0.15, -0.1) is 0 Å². The molecule has 7 nitrogen and oxygen atoms in total. The number of alkyl carbamates (subject to hydrolysis) is 1. The molecular formula is C34H44FN5O2. The summed E-state index contributed by atoms with van der Waals surface area (Å²) in [6, 6.07) is 17.5. The number of ether oxygens (including phenoxy) is 1. The molecule has 6 rings (SSSR count). The number of nitrogens with one attached hydrogen (secondary N) is 1. The zero-order chi connectivity index (χ0) is 29.1. The van der Waals surface area contributed by atoms with Crippen LogP contribution in [0.3, 0.4) is 0 Å². The number of amides is 1. The summed E-state index contributed by atoms with van der Waals surface area (Å²) in [4.78, 5) is 19.9. The van der Waals surface area contributed by atoms with Crippen molar-refractivity contribution >= 4 is 11.8 Å². The van der Waals surface area contributed by atoms with E-state index in [1.54, 1.807) is 12.1 Å². The second kappa shape index (κ2) is 12.6. The van der Waals surface area contributed by atoms with Gasteiger partial charge < -0.3 is 24.8 Å². The number of hydrogen-bond donors (Lipinski definition) is 1. The van der Waals surface area contributed by atoms with Gasteiger partial charge in [0.2, 0.25) is 0 Å². The first-order valence-corrected chi connectivity index (χ1v) is 15.8. The number of rotatable bonds is 9. The van der Waals surface area contributed by atoms with Crippen molar-refractivity contribution in [1.29, 1.82) is 5.26 Å². The van der Waals surface area contributed by atoms with Crippen LogP contribution in [-0.4, -0.2) is 81.4 Å². The van der Waals surface area contributed by atoms with Crippen LogP contribution in [0.2, 0.25) is 0 Å². The van der Waals surface area contributed by atoms with Crippen LogP contribution in [0.5, 0.6) is 0 Å². The SMILES string of the molecule is COC(=O)N[C@H]1CCC[C@@H]1[C@](CN1CCC1)(c1cccc(F)c1)C1CCN(CC2CN(c3cccc(C#N)c3)C2)CC1. The number of likely N-dealkylation sites (tertiary alicyclic amines) is 2. The molecule has 2 aromatic rings. The zero-order valence-electron chi connectivity index (χ0n) is 24.8. The van der Waals surface area contributed by atoms with Gasteiger partial charge in [-0.2, -0.15) is 5.26 Å². The van der Waals surface area contributed by atoms with Crippen LogP contribution >= 0.6 is 0 Å². The third-order valence-corrected chi connectivity index (χ3v) is 10.6. The number of hydrogen-bond acceptors (Lipinski definition) is 6. The molecule has 3 atom stereocenters. The molecule has 1 aliphatic carbocycles. The van der Waals surface area contributed by atoms with Crippen LogP contribution in [0.4, 0.5) is 14.9 Å². The zero-order valence-corrected chi connectivity index (χ0v) is 24.8. The van der Waals surface area contributed by atoms with Crippen molar-refractivity contribution < 1.29 is 13.9 Å². The Bertz CT molecular complexity index is 1280. The Kier molecular flexibility index (Phi) is 8.69. The van der Waals surface area contributed by atoms with Gasteiger partial charge >= 0.3 is 6.09 Å². The molecule has 2 aromatic carbocycles. The average molecular weight is 574 g/mol. The van der Waals surface area contributed by atoms with Gasteiger partial charge in [0, 0.05) is 49.2 Å². The molecule has 0 unspecified atom stereocenters. The second-order valence-corrected chi connectivity index (χ2v) is 13.0. The van der Waals surface area contributed by atoms with Crippen LogP contribution in [0.25, 0.3) is 0 Å². The van der Waals surface area contributed by atoms with Crippen LogP contribution < -0.4 is 10.2 Å². The number of piperidine rings is 1. The highest BCUT2D eigenvalue weighted by atomic mass is 19.1. The number of methoxy groups -OCH3 is 1. The minimum atomic E-state index is -0.368. The number of nitrogens with zero attached hydrogens (tertiary/aromatic N) is 4. The number of carbonyl (C=O) groups excluding carboxylic acids is 1. The molecule has 224 valence electrons. The normalized spacial score (nSPS) is 25.2. The van der Waals surface area contributed by atoms with Gasteiger partial charge in [-0.25, -0.2) is 9.18 Å². The maximum absolute atomic E-state index is 14.9. The smallest absolute Gasteiger partial charge is 0.407 e. The van der Waals surface area contributed by atoms with Crippen LogP contribution in [0.15, 0.2) is 48.5 Å². The van der Waals surface area contributed by atoms with Gasteiger partial charge in [0.25, 0.3) is 0 Å². The van der Waals surface area contributed by atoms with E-state index in [1.165, 1.54) is 13.5 Å². The number of carbonyl (C=O) groups is 1. The lowest BCUT2D eigenvalue weighted by Crippen LogP contribution is -2.60. The summed E-state index contributed by atoms with van der Waals surface area (Å²) in [5.74, 6) is 1.10. The van der Waals surface area contributed by atoms with E-state index in [2.05, 4.69) is 38.2 Å². The predicted octanol–water partition coefficient (Wildman–Crippen LogP) is 5.01. The fourth-order valence-corrected chi connectivity index (χ4v) is 8.40. The molecule has 3 saturated heterocycles. The third-order valence-electron chi connectivity index (χ3n) is 10.6. The summed E-state index contributed by atoms with van der Waals surface area (Å²) in [5, 5.41) is 12.4. The Balaban J connectivity index is 1.18. The molecule has 1 N–H and O–H groups in total. The highest BCUT2D eigenvalue weighted by Gasteiger charge is 2.53. The van der Waals surface area contributed by atoms with E-state index in [-0.39, 0.29) is 29.3 Å². The van der Waals surface area contributed by atoms with Crippen molar-refractivity contribution in [2.24, 2.45) is 17.8 Å². The molecule has 0 bridgehead atoms. The fourth-order valence-electron chi connectivity index (χ4n) is 8.40. The first-order chi connectivity index (χ1) is 20.5. The van der Waals surface area contributed by atoms with E-state index in [0.29, 0.717) is 17.4 Å². The van der Waals surface area contributed by atoms with Gasteiger partial charge in [0.15, 0.2) is 0 Å². The Morgan fingerprint density at radius 2 is 1.81 bits per heavy atom. The van der Waals surface area contributed by atoms with Crippen molar-refractivity contribution in [1.82, 2.24) is 15.1 Å². The third kappa shape index (κ3) is 5.87. The van der Waals surface area contributed by atoms with E-state index in [0.717, 1.165) is 95.7 Å². The number of benzene rings is 2. The van der Waals surface area contributed by atoms with Gasteiger partial charge in [-0.3, -0.25) is 0 Å². The summed E-state index contributed by atoms with van der Waals surface area (Å²) >= 11 is 0. The molecule has 3 aliphatic heterocycles. The molecule has 4 aliphatic rings. The van der Waals surface area contributed by atoms with Crippen molar-refractivity contribution in [3.63, 3.8) is 0 Å². The first-order valence-electron chi connectivity index (χ1n) is 15.8. The lowest BCUT2D eigenvalue weighted by atomic mass is 9.57. The minimum absolute atomic E-state index is 0.0283. The lowest BCUT2D eigenvalue weighted by Gasteiger charge is -2.54. The van der Waals surface area contributed by atoms with Crippen molar-refractivity contribution in [2.75, 3.05) is 64.4 Å². The molecule has 0 radical (unpaired) electrons. The Morgan fingerprint density at radius 3 is 2.50 bits per heavy atom. The van der Waals surface area contributed by atoms with Gasteiger partial charge in [0.05, 0.1) is 18.7 Å². The molecule has 42 heavy (non-hydrogen) atoms. The van der Waals surface area contributed by atoms with E-state index in [4.69, 9.17) is 4.74 Å². The Hall–Kier alpha value is -3.15.